The highest BCUT2D eigenvalue weighted by atomic mass is 15.0. The predicted octanol–water partition coefficient (Wildman–Crippen LogP) is 3.61. The SMILES string of the molecule is c1ccc(NC(c2ccccc2)c2ncc[nH]2)cc1. The third-order valence-corrected chi connectivity index (χ3v) is 3.01. The van der Waals surface area contributed by atoms with Crippen molar-refractivity contribution in [3.63, 3.8) is 0 Å². The lowest BCUT2D eigenvalue weighted by Crippen LogP contribution is -2.13. The van der Waals surface area contributed by atoms with Crippen LogP contribution in [0, 0.1) is 0 Å². The number of hydrogen-bond acceptors (Lipinski definition) is 2. The summed E-state index contributed by atoms with van der Waals surface area (Å²) in [5.74, 6) is 0.912. The first-order valence-electron chi connectivity index (χ1n) is 6.29. The summed E-state index contributed by atoms with van der Waals surface area (Å²) >= 11 is 0. The van der Waals surface area contributed by atoms with Crippen LogP contribution in [-0.2, 0) is 0 Å². The minimum atomic E-state index is 0.0265. The summed E-state index contributed by atoms with van der Waals surface area (Å²) in [4.78, 5) is 7.55. The van der Waals surface area contributed by atoms with Gasteiger partial charge in [-0.3, -0.25) is 0 Å². The number of imidazole rings is 1. The number of nitrogens with one attached hydrogen (secondary N) is 2. The Kier molecular flexibility index (Phi) is 3.28. The van der Waals surface area contributed by atoms with Crippen molar-refractivity contribution >= 4 is 5.69 Å². The van der Waals surface area contributed by atoms with Gasteiger partial charge in [-0.25, -0.2) is 4.98 Å². The highest BCUT2D eigenvalue weighted by Gasteiger charge is 2.15. The van der Waals surface area contributed by atoms with Crippen molar-refractivity contribution in [2.24, 2.45) is 0 Å². The maximum absolute atomic E-state index is 4.37. The van der Waals surface area contributed by atoms with Crippen LogP contribution in [0.3, 0.4) is 0 Å². The monoisotopic (exact) mass is 249 g/mol. The molecule has 0 bridgehead atoms. The second-order valence-electron chi connectivity index (χ2n) is 4.33. The Hall–Kier alpha value is -2.55. The Morgan fingerprint density at radius 3 is 2.21 bits per heavy atom. The van der Waals surface area contributed by atoms with Crippen LogP contribution in [0.1, 0.15) is 17.4 Å². The summed E-state index contributed by atoms with van der Waals surface area (Å²) < 4.78 is 0. The van der Waals surface area contributed by atoms with Crippen molar-refractivity contribution in [1.29, 1.82) is 0 Å². The first-order valence-corrected chi connectivity index (χ1v) is 6.29. The van der Waals surface area contributed by atoms with Gasteiger partial charge in [0.1, 0.15) is 11.9 Å². The maximum atomic E-state index is 4.37. The molecule has 2 aromatic carbocycles. The molecule has 19 heavy (non-hydrogen) atoms. The van der Waals surface area contributed by atoms with Crippen molar-refractivity contribution in [1.82, 2.24) is 9.97 Å². The summed E-state index contributed by atoms with van der Waals surface area (Å²) in [6.07, 6.45) is 3.62. The smallest absolute Gasteiger partial charge is 0.133 e. The quantitative estimate of drug-likeness (QED) is 0.741. The van der Waals surface area contributed by atoms with Crippen LogP contribution in [0.2, 0.25) is 0 Å². The molecule has 0 spiro atoms. The largest absolute Gasteiger partial charge is 0.372 e. The van der Waals surface area contributed by atoms with E-state index < -0.39 is 0 Å². The fourth-order valence-electron chi connectivity index (χ4n) is 2.09. The molecule has 1 unspecified atom stereocenters. The Labute approximate surface area is 112 Å². The van der Waals surface area contributed by atoms with Gasteiger partial charge < -0.3 is 10.3 Å². The molecule has 0 aliphatic heterocycles. The number of aromatic nitrogens is 2. The van der Waals surface area contributed by atoms with Gasteiger partial charge in [-0.05, 0) is 17.7 Å². The molecule has 3 heteroatoms. The second kappa shape index (κ2) is 5.40. The van der Waals surface area contributed by atoms with Gasteiger partial charge in [-0.2, -0.15) is 0 Å². The van der Waals surface area contributed by atoms with Crippen LogP contribution < -0.4 is 5.32 Å². The highest BCUT2D eigenvalue weighted by molar-refractivity contribution is 5.47. The van der Waals surface area contributed by atoms with E-state index in [1.807, 2.05) is 42.6 Å². The third-order valence-electron chi connectivity index (χ3n) is 3.01. The van der Waals surface area contributed by atoms with E-state index in [4.69, 9.17) is 0 Å². The number of aromatic amines is 1. The van der Waals surface area contributed by atoms with Gasteiger partial charge in [0, 0.05) is 18.1 Å². The standard InChI is InChI=1S/C16H15N3/c1-3-7-13(8-4-1)15(16-17-11-12-18-16)19-14-9-5-2-6-10-14/h1-12,15,19H,(H,17,18). The molecular formula is C16H15N3. The van der Waals surface area contributed by atoms with Gasteiger partial charge in [0.15, 0.2) is 0 Å². The van der Waals surface area contributed by atoms with Gasteiger partial charge >= 0.3 is 0 Å². The lowest BCUT2D eigenvalue weighted by atomic mass is 10.1. The van der Waals surface area contributed by atoms with Crippen molar-refractivity contribution in [2.75, 3.05) is 5.32 Å². The molecule has 0 amide bonds. The predicted molar refractivity (Wildman–Crippen MR) is 76.9 cm³/mol. The van der Waals surface area contributed by atoms with E-state index in [2.05, 4.69) is 39.6 Å². The molecule has 0 aliphatic carbocycles. The number of benzene rings is 2. The fourth-order valence-corrected chi connectivity index (χ4v) is 2.09. The summed E-state index contributed by atoms with van der Waals surface area (Å²) in [6.45, 7) is 0. The topological polar surface area (TPSA) is 40.7 Å². The molecule has 1 aromatic heterocycles. The van der Waals surface area contributed by atoms with E-state index >= 15 is 0 Å². The van der Waals surface area contributed by atoms with Crippen LogP contribution in [0.25, 0.3) is 0 Å². The first kappa shape index (κ1) is 11.5. The van der Waals surface area contributed by atoms with Crippen LogP contribution in [0.15, 0.2) is 73.1 Å². The van der Waals surface area contributed by atoms with Crippen molar-refractivity contribution in [3.8, 4) is 0 Å². The number of nitrogens with zero attached hydrogens (tertiary/aromatic N) is 1. The lowest BCUT2D eigenvalue weighted by molar-refractivity contribution is 0.855. The molecule has 94 valence electrons. The Morgan fingerprint density at radius 1 is 0.895 bits per heavy atom. The molecule has 2 N–H and O–H groups in total. The Bertz CT molecular complexity index is 603. The zero-order chi connectivity index (χ0) is 12.9. The lowest BCUT2D eigenvalue weighted by Gasteiger charge is -2.18. The molecular weight excluding hydrogens is 234 g/mol. The average molecular weight is 249 g/mol. The number of hydrogen-bond donors (Lipinski definition) is 2. The highest BCUT2D eigenvalue weighted by Crippen LogP contribution is 2.23. The number of H-pyrrole nitrogens is 1. The van der Waals surface area contributed by atoms with E-state index in [-0.39, 0.29) is 6.04 Å². The molecule has 1 heterocycles. The zero-order valence-electron chi connectivity index (χ0n) is 10.5. The van der Waals surface area contributed by atoms with E-state index in [1.54, 1.807) is 6.20 Å². The number of anilines is 1. The Balaban J connectivity index is 1.94. The molecule has 0 aliphatic rings. The Morgan fingerprint density at radius 2 is 1.58 bits per heavy atom. The average Bonchev–Trinajstić information content (AvgIpc) is 3.01. The van der Waals surface area contributed by atoms with Crippen LogP contribution >= 0.6 is 0 Å². The molecule has 1 atom stereocenters. The van der Waals surface area contributed by atoms with Gasteiger partial charge in [0.2, 0.25) is 0 Å². The third kappa shape index (κ3) is 2.65. The summed E-state index contributed by atoms with van der Waals surface area (Å²) in [6, 6.07) is 20.5. The molecule has 0 radical (unpaired) electrons. The van der Waals surface area contributed by atoms with Gasteiger partial charge in [-0.15, -0.1) is 0 Å². The summed E-state index contributed by atoms with van der Waals surface area (Å²) in [7, 11) is 0. The van der Waals surface area contributed by atoms with Crippen LogP contribution in [0.4, 0.5) is 5.69 Å². The molecule has 3 rings (SSSR count). The molecule has 0 fully saturated rings. The van der Waals surface area contributed by atoms with Crippen molar-refractivity contribution in [3.05, 3.63) is 84.4 Å². The fraction of sp³-hybridized carbons (Fsp3) is 0.0625. The zero-order valence-corrected chi connectivity index (χ0v) is 10.5. The van der Waals surface area contributed by atoms with Crippen molar-refractivity contribution < 1.29 is 0 Å². The van der Waals surface area contributed by atoms with E-state index in [0.29, 0.717) is 0 Å². The first-order chi connectivity index (χ1) is 9.43. The molecule has 3 nitrogen and oxygen atoms in total. The second-order valence-corrected chi connectivity index (χ2v) is 4.33. The van der Waals surface area contributed by atoms with Gasteiger partial charge in [0.05, 0.1) is 0 Å². The summed E-state index contributed by atoms with van der Waals surface area (Å²) in [5.41, 5.74) is 2.26. The number of rotatable bonds is 4. The van der Waals surface area contributed by atoms with E-state index in [9.17, 15) is 0 Å². The van der Waals surface area contributed by atoms with Gasteiger partial charge in [0.25, 0.3) is 0 Å². The molecule has 0 saturated heterocycles. The summed E-state index contributed by atoms with van der Waals surface area (Å²) in [5, 5.41) is 3.50. The number of para-hydroxylation sites is 1. The normalized spacial score (nSPS) is 12.0. The van der Waals surface area contributed by atoms with Crippen LogP contribution in [-0.4, -0.2) is 9.97 Å². The van der Waals surface area contributed by atoms with Crippen LogP contribution in [0.5, 0.6) is 0 Å². The van der Waals surface area contributed by atoms with Crippen molar-refractivity contribution in [2.45, 2.75) is 6.04 Å². The molecule has 3 aromatic rings. The minimum absolute atomic E-state index is 0.0265. The van der Waals surface area contributed by atoms with Gasteiger partial charge in [-0.1, -0.05) is 48.5 Å². The van der Waals surface area contributed by atoms with E-state index in [0.717, 1.165) is 11.5 Å². The minimum Gasteiger partial charge on any atom is -0.372 e. The van der Waals surface area contributed by atoms with E-state index in [1.165, 1.54) is 5.56 Å². The maximum Gasteiger partial charge on any atom is 0.133 e. The molecule has 0 saturated carbocycles.